The summed E-state index contributed by atoms with van der Waals surface area (Å²) >= 11 is 0. The van der Waals surface area contributed by atoms with Crippen LogP contribution >= 0.6 is 0 Å². The number of likely N-dealkylation sites (tertiary alicyclic amines) is 2. The van der Waals surface area contributed by atoms with Crippen LogP contribution < -0.4 is 0 Å². The van der Waals surface area contributed by atoms with Gasteiger partial charge in [0.05, 0.1) is 0 Å². The van der Waals surface area contributed by atoms with Gasteiger partial charge in [-0.3, -0.25) is 4.79 Å². The first-order valence-corrected chi connectivity index (χ1v) is 6.09. The maximum Gasteiger partial charge on any atom is 0.138 e. The van der Waals surface area contributed by atoms with Crippen molar-refractivity contribution in [1.29, 1.82) is 0 Å². The maximum atomic E-state index is 11.4. The van der Waals surface area contributed by atoms with Crippen molar-refractivity contribution in [2.45, 2.75) is 19.8 Å². The predicted molar refractivity (Wildman–Crippen MR) is 60.8 cm³/mol. The van der Waals surface area contributed by atoms with Crippen molar-refractivity contribution < 1.29 is 4.79 Å². The summed E-state index contributed by atoms with van der Waals surface area (Å²) in [5.74, 6) is 1.54. The molecule has 0 spiro atoms. The highest BCUT2D eigenvalue weighted by atomic mass is 16.1. The van der Waals surface area contributed by atoms with Crippen LogP contribution in [0.15, 0.2) is 0 Å². The summed E-state index contributed by atoms with van der Waals surface area (Å²) in [6.07, 6.45) is 2.10. The molecule has 0 amide bonds. The Morgan fingerprint density at radius 3 is 2.73 bits per heavy atom. The van der Waals surface area contributed by atoms with Crippen molar-refractivity contribution in [2.75, 3.05) is 39.8 Å². The molecule has 2 aliphatic rings. The van der Waals surface area contributed by atoms with Crippen LogP contribution in [0.2, 0.25) is 0 Å². The molecule has 15 heavy (non-hydrogen) atoms. The lowest BCUT2D eigenvalue weighted by Gasteiger charge is -2.31. The summed E-state index contributed by atoms with van der Waals surface area (Å²) in [6.45, 7) is 7.71. The summed E-state index contributed by atoms with van der Waals surface area (Å²) in [6, 6.07) is 0. The summed E-state index contributed by atoms with van der Waals surface area (Å²) < 4.78 is 0. The van der Waals surface area contributed by atoms with Crippen LogP contribution in [0.5, 0.6) is 0 Å². The number of hydrogen-bond donors (Lipinski definition) is 0. The Morgan fingerprint density at radius 2 is 2.13 bits per heavy atom. The Bertz CT molecular complexity index is 242. The van der Waals surface area contributed by atoms with Crippen LogP contribution in [0, 0.1) is 11.8 Å². The van der Waals surface area contributed by atoms with Crippen molar-refractivity contribution in [2.24, 2.45) is 11.8 Å². The lowest BCUT2D eigenvalue weighted by atomic mass is 9.97. The van der Waals surface area contributed by atoms with Crippen LogP contribution in [0.25, 0.3) is 0 Å². The number of ketones is 1. The average Bonchev–Trinajstić information content (AvgIpc) is 2.58. The number of piperidine rings is 1. The van der Waals surface area contributed by atoms with Crippen LogP contribution in [0.1, 0.15) is 19.8 Å². The average molecular weight is 210 g/mol. The van der Waals surface area contributed by atoms with Crippen molar-refractivity contribution in [3.63, 3.8) is 0 Å². The highest BCUT2D eigenvalue weighted by Crippen LogP contribution is 2.19. The van der Waals surface area contributed by atoms with E-state index < -0.39 is 0 Å². The van der Waals surface area contributed by atoms with Crippen molar-refractivity contribution in [3.05, 3.63) is 0 Å². The first kappa shape index (κ1) is 11.1. The molecular formula is C12H22N2O. The molecule has 2 saturated heterocycles. The molecule has 0 aromatic carbocycles. The predicted octanol–water partition coefficient (Wildman–Crippen LogP) is 0.849. The van der Waals surface area contributed by atoms with Gasteiger partial charge in [-0.05, 0) is 25.9 Å². The fourth-order valence-electron chi connectivity index (χ4n) is 2.80. The number of hydrogen-bond acceptors (Lipinski definition) is 3. The third-order valence-electron chi connectivity index (χ3n) is 3.76. The van der Waals surface area contributed by atoms with Crippen molar-refractivity contribution in [1.82, 2.24) is 9.80 Å². The summed E-state index contributed by atoms with van der Waals surface area (Å²) in [5, 5.41) is 0. The second kappa shape index (κ2) is 4.62. The number of nitrogens with zero attached hydrogens (tertiary/aromatic N) is 2. The van der Waals surface area contributed by atoms with E-state index in [9.17, 15) is 4.79 Å². The quantitative estimate of drug-likeness (QED) is 0.675. The summed E-state index contributed by atoms with van der Waals surface area (Å²) in [5.41, 5.74) is 0. The SMILES string of the molecule is CC1CN(CC2CCN(C)C2)CCC1=O. The van der Waals surface area contributed by atoms with Crippen LogP contribution in [-0.4, -0.2) is 55.4 Å². The molecule has 0 bridgehead atoms. The molecular weight excluding hydrogens is 188 g/mol. The third-order valence-corrected chi connectivity index (χ3v) is 3.76. The van der Waals surface area contributed by atoms with E-state index >= 15 is 0 Å². The molecule has 2 unspecified atom stereocenters. The molecule has 2 rings (SSSR count). The zero-order valence-corrected chi connectivity index (χ0v) is 9.91. The largest absolute Gasteiger partial charge is 0.306 e. The molecule has 0 N–H and O–H groups in total. The molecule has 2 fully saturated rings. The normalized spacial score (nSPS) is 34.9. The van der Waals surface area contributed by atoms with Gasteiger partial charge in [-0.15, -0.1) is 0 Å². The molecule has 0 radical (unpaired) electrons. The van der Waals surface area contributed by atoms with E-state index in [-0.39, 0.29) is 5.92 Å². The van der Waals surface area contributed by atoms with Crippen LogP contribution in [0.4, 0.5) is 0 Å². The molecule has 2 aliphatic heterocycles. The van der Waals surface area contributed by atoms with Gasteiger partial charge in [0.15, 0.2) is 0 Å². The third kappa shape index (κ3) is 2.79. The molecule has 0 saturated carbocycles. The Morgan fingerprint density at radius 1 is 1.33 bits per heavy atom. The van der Waals surface area contributed by atoms with Crippen LogP contribution in [-0.2, 0) is 4.79 Å². The number of rotatable bonds is 2. The molecule has 0 aromatic heterocycles. The van der Waals surface area contributed by atoms with Gasteiger partial charge in [-0.2, -0.15) is 0 Å². The van der Waals surface area contributed by atoms with E-state index in [1.165, 1.54) is 26.1 Å². The van der Waals surface area contributed by atoms with E-state index in [0.29, 0.717) is 5.78 Å². The van der Waals surface area contributed by atoms with Gasteiger partial charge in [0, 0.05) is 38.5 Å². The minimum atomic E-state index is 0.262. The number of carbonyl (C=O) groups is 1. The maximum absolute atomic E-state index is 11.4. The molecule has 3 nitrogen and oxygen atoms in total. The highest BCUT2D eigenvalue weighted by molar-refractivity contribution is 5.81. The molecule has 2 heterocycles. The number of carbonyl (C=O) groups excluding carboxylic acids is 1. The van der Waals surface area contributed by atoms with Gasteiger partial charge in [-0.25, -0.2) is 0 Å². The Kier molecular flexibility index (Phi) is 3.42. The standard InChI is InChI=1S/C12H22N2O/c1-10-7-14(6-4-12(10)15)9-11-3-5-13(2)8-11/h10-11H,3-9H2,1-2H3. The highest BCUT2D eigenvalue weighted by Gasteiger charge is 2.27. The van der Waals surface area contributed by atoms with E-state index in [0.717, 1.165) is 25.4 Å². The Hall–Kier alpha value is -0.410. The lowest BCUT2D eigenvalue weighted by Crippen LogP contribution is -2.42. The van der Waals surface area contributed by atoms with Gasteiger partial charge in [0.2, 0.25) is 0 Å². The van der Waals surface area contributed by atoms with Gasteiger partial charge in [0.1, 0.15) is 5.78 Å². The zero-order chi connectivity index (χ0) is 10.8. The van der Waals surface area contributed by atoms with Gasteiger partial charge < -0.3 is 9.80 Å². The van der Waals surface area contributed by atoms with E-state index in [4.69, 9.17) is 0 Å². The molecule has 0 aromatic rings. The summed E-state index contributed by atoms with van der Waals surface area (Å²) in [4.78, 5) is 16.3. The van der Waals surface area contributed by atoms with E-state index in [1.807, 2.05) is 0 Å². The minimum Gasteiger partial charge on any atom is -0.306 e. The van der Waals surface area contributed by atoms with Gasteiger partial charge >= 0.3 is 0 Å². The first-order valence-electron chi connectivity index (χ1n) is 6.09. The zero-order valence-electron chi connectivity index (χ0n) is 9.91. The number of Topliss-reactive ketones (excluding diaryl/α,β-unsaturated/α-hetero) is 1. The van der Waals surface area contributed by atoms with Crippen molar-refractivity contribution in [3.8, 4) is 0 Å². The van der Waals surface area contributed by atoms with Gasteiger partial charge in [-0.1, -0.05) is 6.92 Å². The second-order valence-electron chi connectivity index (χ2n) is 5.29. The molecule has 0 aliphatic carbocycles. The van der Waals surface area contributed by atoms with Crippen molar-refractivity contribution >= 4 is 5.78 Å². The first-order chi connectivity index (χ1) is 7.15. The fraction of sp³-hybridized carbons (Fsp3) is 0.917. The van der Waals surface area contributed by atoms with Gasteiger partial charge in [0.25, 0.3) is 0 Å². The Balaban J connectivity index is 1.78. The second-order valence-corrected chi connectivity index (χ2v) is 5.29. The van der Waals surface area contributed by atoms with E-state index in [1.54, 1.807) is 0 Å². The fourth-order valence-corrected chi connectivity index (χ4v) is 2.80. The smallest absolute Gasteiger partial charge is 0.138 e. The summed E-state index contributed by atoms with van der Waals surface area (Å²) in [7, 11) is 2.20. The topological polar surface area (TPSA) is 23.6 Å². The molecule has 3 heteroatoms. The monoisotopic (exact) mass is 210 g/mol. The minimum absolute atomic E-state index is 0.262. The Labute approximate surface area is 92.4 Å². The lowest BCUT2D eigenvalue weighted by molar-refractivity contribution is -0.125. The van der Waals surface area contributed by atoms with E-state index in [2.05, 4.69) is 23.8 Å². The molecule has 86 valence electrons. The van der Waals surface area contributed by atoms with Crippen LogP contribution in [0.3, 0.4) is 0 Å². The molecule has 2 atom stereocenters.